The molecule has 8 nitrogen and oxygen atoms in total. The largest absolute Gasteiger partial charge is 0.494 e. The van der Waals surface area contributed by atoms with E-state index in [1.165, 1.54) is 23.1 Å². The fourth-order valence-electron chi connectivity index (χ4n) is 3.83. The van der Waals surface area contributed by atoms with E-state index < -0.39 is 36.3 Å². The Kier molecular flexibility index (Phi) is 6.91. The van der Waals surface area contributed by atoms with Crippen molar-refractivity contribution in [2.75, 3.05) is 18.5 Å². The van der Waals surface area contributed by atoms with Gasteiger partial charge in [0.2, 0.25) is 0 Å². The lowest BCUT2D eigenvalue weighted by Gasteiger charge is -2.22. The first kappa shape index (κ1) is 23.7. The number of fused-ring (bicyclic) bond motifs is 1. The van der Waals surface area contributed by atoms with Gasteiger partial charge in [0.1, 0.15) is 5.75 Å². The second-order valence-corrected chi connectivity index (χ2v) is 7.91. The second-order valence-electron chi connectivity index (χ2n) is 7.91. The third kappa shape index (κ3) is 5.06. The monoisotopic (exact) mass is 472 g/mol. The number of anilines is 1. The Morgan fingerprint density at radius 2 is 1.60 bits per heavy atom. The molecule has 0 saturated heterocycles. The Bertz CT molecular complexity index is 1270. The molecule has 1 atom stereocenters. The van der Waals surface area contributed by atoms with Gasteiger partial charge in [-0.15, -0.1) is 0 Å². The van der Waals surface area contributed by atoms with Crippen LogP contribution < -0.4 is 10.1 Å². The van der Waals surface area contributed by atoms with Crippen LogP contribution in [0.2, 0.25) is 0 Å². The predicted molar refractivity (Wildman–Crippen MR) is 128 cm³/mol. The molecular weight excluding hydrogens is 448 g/mol. The Hall–Kier alpha value is -4.46. The highest BCUT2D eigenvalue weighted by molar-refractivity contribution is 6.22. The minimum Gasteiger partial charge on any atom is -0.494 e. The third-order valence-corrected chi connectivity index (χ3v) is 5.61. The maximum Gasteiger partial charge on any atom is 0.338 e. The number of nitrogens with zero attached hydrogens (tertiary/aromatic N) is 1. The van der Waals surface area contributed by atoms with E-state index in [2.05, 4.69) is 5.32 Å². The van der Waals surface area contributed by atoms with Crippen LogP contribution in [0.1, 0.15) is 56.5 Å². The number of carbonyl (C=O) groups excluding carboxylic acids is 4. The molecule has 1 aliphatic heterocycles. The minimum atomic E-state index is -0.774. The average Bonchev–Trinajstić information content (AvgIpc) is 3.13. The first-order valence-corrected chi connectivity index (χ1v) is 11.2. The number of esters is 1. The van der Waals surface area contributed by atoms with E-state index in [0.29, 0.717) is 18.0 Å². The highest BCUT2D eigenvalue weighted by Crippen LogP contribution is 2.31. The first-order chi connectivity index (χ1) is 16.9. The van der Waals surface area contributed by atoms with Crippen LogP contribution >= 0.6 is 0 Å². The number of amides is 3. The molecule has 0 saturated carbocycles. The van der Waals surface area contributed by atoms with Crippen molar-refractivity contribution in [3.05, 3.63) is 95.1 Å². The van der Waals surface area contributed by atoms with Gasteiger partial charge in [0.05, 0.1) is 29.3 Å². The van der Waals surface area contributed by atoms with Gasteiger partial charge in [-0.3, -0.25) is 19.3 Å². The van der Waals surface area contributed by atoms with Gasteiger partial charge in [-0.1, -0.05) is 30.3 Å². The van der Waals surface area contributed by atoms with Crippen molar-refractivity contribution in [2.24, 2.45) is 0 Å². The Labute approximate surface area is 202 Å². The number of hydrogen-bond donors (Lipinski definition) is 1. The summed E-state index contributed by atoms with van der Waals surface area (Å²) in [6.07, 6.45) is 0. The Balaban J connectivity index is 1.39. The fraction of sp³-hybridized carbons (Fsp3) is 0.185. The van der Waals surface area contributed by atoms with Gasteiger partial charge in [0.25, 0.3) is 17.7 Å². The van der Waals surface area contributed by atoms with Gasteiger partial charge in [-0.25, -0.2) is 4.79 Å². The van der Waals surface area contributed by atoms with Crippen molar-refractivity contribution < 1.29 is 28.7 Å². The van der Waals surface area contributed by atoms with Crippen molar-refractivity contribution in [2.45, 2.75) is 19.9 Å². The van der Waals surface area contributed by atoms with Crippen molar-refractivity contribution >= 4 is 29.4 Å². The average molecular weight is 472 g/mol. The zero-order chi connectivity index (χ0) is 24.9. The summed E-state index contributed by atoms with van der Waals surface area (Å²) in [5.74, 6) is -1.51. The number of hydrogen-bond acceptors (Lipinski definition) is 6. The lowest BCUT2D eigenvalue weighted by atomic mass is 10.1. The van der Waals surface area contributed by atoms with E-state index in [9.17, 15) is 19.2 Å². The van der Waals surface area contributed by atoms with Crippen LogP contribution in [0.25, 0.3) is 0 Å². The van der Waals surface area contributed by atoms with E-state index in [1.807, 2.05) is 37.3 Å². The summed E-state index contributed by atoms with van der Waals surface area (Å²) < 4.78 is 10.5. The number of benzene rings is 3. The summed E-state index contributed by atoms with van der Waals surface area (Å²) in [7, 11) is 0. The first-order valence-electron chi connectivity index (χ1n) is 11.2. The van der Waals surface area contributed by atoms with Crippen molar-refractivity contribution in [1.29, 1.82) is 0 Å². The molecule has 0 aromatic heterocycles. The molecule has 3 aromatic rings. The molecule has 8 heteroatoms. The molecule has 3 aromatic carbocycles. The van der Waals surface area contributed by atoms with E-state index in [-0.39, 0.29) is 16.7 Å². The van der Waals surface area contributed by atoms with Crippen LogP contribution in [0.4, 0.5) is 5.69 Å². The number of imide groups is 1. The maximum absolute atomic E-state index is 13.0. The quantitative estimate of drug-likeness (QED) is 0.389. The molecule has 1 aliphatic rings. The van der Waals surface area contributed by atoms with E-state index in [0.717, 1.165) is 5.56 Å². The minimum absolute atomic E-state index is 0.0768. The molecule has 178 valence electrons. The normalized spacial score (nSPS) is 13.3. The molecule has 4 rings (SSSR count). The van der Waals surface area contributed by atoms with Crippen LogP contribution in [0, 0.1) is 0 Å². The third-order valence-electron chi connectivity index (χ3n) is 5.61. The Morgan fingerprint density at radius 1 is 0.914 bits per heavy atom. The zero-order valence-electron chi connectivity index (χ0n) is 19.3. The highest BCUT2D eigenvalue weighted by Gasteiger charge is 2.39. The summed E-state index contributed by atoms with van der Waals surface area (Å²) in [6.45, 7) is 3.68. The van der Waals surface area contributed by atoms with Gasteiger partial charge >= 0.3 is 5.97 Å². The van der Waals surface area contributed by atoms with Crippen LogP contribution in [-0.4, -0.2) is 41.8 Å². The molecule has 0 fully saturated rings. The highest BCUT2D eigenvalue weighted by atomic mass is 16.5. The summed E-state index contributed by atoms with van der Waals surface area (Å²) in [4.78, 5) is 51.8. The second kappa shape index (κ2) is 10.2. The SMILES string of the molecule is CCOc1ccc(NC(=O)COC(=O)c2ccc3c(c2)C(=O)N([C@@H](C)c2ccccc2)C3=O)cc1. The van der Waals surface area contributed by atoms with Gasteiger partial charge in [-0.2, -0.15) is 0 Å². The van der Waals surface area contributed by atoms with Gasteiger partial charge < -0.3 is 14.8 Å². The zero-order valence-corrected chi connectivity index (χ0v) is 19.3. The molecule has 0 radical (unpaired) electrons. The van der Waals surface area contributed by atoms with Gasteiger partial charge in [0, 0.05) is 5.69 Å². The maximum atomic E-state index is 13.0. The Morgan fingerprint density at radius 3 is 2.29 bits per heavy atom. The molecule has 0 spiro atoms. The van der Waals surface area contributed by atoms with E-state index in [1.54, 1.807) is 31.2 Å². The molecule has 0 bridgehead atoms. The molecule has 1 heterocycles. The summed E-state index contributed by atoms with van der Waals surface area (Å²) in [5.41, 5.74) is 1.78. The number of ether oxygens (including phenoxy) is 2. The van der Waals surface area contributed by atoms with Crippen LogP contribution in [0.3, 0.4) is 0 Å². The molecule has 0 aliphatic carbocycles. The molecule has 35 heavy (non-hydrogen) atoms. The lowest BCUT2D eigenvalue weighted by molar-refractivity contribution is -0.119. The van der Waals surface area contributed by atoms with Crippen molar-refractivity contribution in [3.8, 4) is 5.75 Å². The topological polar surface area (TPSA) is 102 Å². The number of nitrogens with one attached hydrogen (secondary N) is 1. The molecule has 0 unspecified atom stereocenters. The molecule has 1 N–H and O–H groups in total. The van der Waals surface area contributed by atoms with E-state index >= 15 is 0 Å². The summed E-state index contributed by atoms with van der Waals surface area (Å²) in [5, 5.41) is 2.63. The van der Waals surface area contributed by atoms with E-state index in [4.69, 9.17) is 9.47 Å². The van der Waals surface area contributed by atoms with Crippen molar-refractivity contribution in [3.63, 3.8) is 0 Å². The smallest absolute Gasteiger partial charge is 0.338 e. The van der Waals surface area contributed by atoms with Crippen molar-refractivity contribution in [1.82, 2.24) is 4.90 Å². The number of rotatable bonds is 8. The fourth-order valence-corrected chi connectivity index (χ4v) is 3.83. The van der Waals surface area contributed by atoms with Crippen LogP contribution in [0.15, 0.2) is 72.8 Å². The van der Waals surface area contributed by atoms with Gasteiger partial charge in [-0.05, 0) is 61.9 Å². The summed E-state index contributed by atoms with van der Waals surface area (Å²) in [6, 6.07) is 19.7. The molecular formula is C27H24N2O6. The summed E-state index contributed by atoms with van der Waals surface area (Å²) >= 11 is 0. The van der Waals surface area contributed by atoms with Crippen LogP contribution in [0.5, 0.6) is 5.75 Å². The van der Waals surface area contributed by atoms with Crippen LogP contribution in [-0.2, 0) is 9.53 Å². The van der Waals surface area contributed by atoms with Gasteiger partial charge in [0.15, 0.2) is 6.61 Å². The molecule has 3 amide bonds. The lowest BCUT2D eigenvalue weighted by Crippen LogP contribution is -2.32. The predicted octanol–water partition coefficient (Wildman–Crippen LogP) is 4.24. The number of carbonyl (C=O) groups is 4. The standard InChI is InChI=1S/C27H24N2O6/c1-3-34-21-12-10-20(11-13-21)28-24(30)16-35-27(33)19-9-14-22-23(15-19)26(32)29(25(22)31)17(2)18-7-5-4-6-8-18/h4-15,17H,3,16H2,1-2H3,(H,28,30)/t17-/m0/s1.